The molecule has 0 bridgehead atoms. The molecule has 2 aliphatic rings. The minimum atomic E-state index is -0.763. The van der Waals surface area contributed by atoms with Crippen molar-refractivity contribution in [3.8, 4) is 11.5 Å². The topological polar surface area (TPSA) is 24.9 Å². The first-order valence-electron chi connectivity index (χ1n) is 10.6. The summed E-state index contributed by atoms with van der Waals surface area (Å²) in [5.41, 5.74) is 1.89. The number of piperidine rings is 1. The maximum atomic E-state index is 14.1. The normalized spacial score (nSPS) is 22.5. The van der Waals surface area contributed by atoms with Crippen molar-refractivity contribution in [3.63, 3.8) is 0 Å². The van der Waals surface area contributed by atoms with E-state index >= 15 is 0 Å². The Morgan fingerprint density at radius 3 is 2.43 bits per heavy atom. The first kappa shape index (κ1) is 21.1. The van der Waals surface area contributed by atoms with E-state index in [1.807, 2.05) is 12.1 Å². The molecule has 1 unspecified atom stereocenters. The molecule has 2 fully saturated rings. The second-order valence-electron chi connectivity index (χ2n) is 8.68. The summed E-state index contributed by atoms with van der Waals surface area (Å²) in [4.78, 5) is 4.79. The van der Waals surface area contributed by atoms with Crippen LogP contribution in [-0.4, -0.2) is 50.2 Å². The van der Waals surface area contributed by atoms with Gasteiger partial charge in [0.05, 0.1) is 14.2 Å². The molecule has 1 atom stereocenters. The van der Waals surface area contributed by atoms with Crippen LogP contribution in [0.5, 0.6) is 11.5 Å². The maximum absolute atomic E-state index is 14.1. The van der Waals surface area contributed by atoms with Gasteiger partial charge < -0.3 is 9.47 Å². The Kier molecular flexibility index (Phi) is 6.25. The smallest absolute Gasteiger partial charge is 0.163 e. The summed E-state index contributed by atoms with van der Waals surface area (Å²) < 4.78 is 38.5. The van der Waals surface area contributed by atoms with Crippen LogP contribution in [0.15, 0.2) is 36.4 Å². The molecule has 0 radical (unpaired) electrons. The molecule has 0 aliphatic carbocycles. The Balaban J connectivity index is 1.39. The highest BCUT2D eigenvalue weighted by molar-refractivity contribution is 5.42. The monoisotopic (exact) mass is 416 g/mol. The summed E-state index contributed by atoms with van der Waals surface area (Å²) in [7, 11) is 3.30. The van der Waals surface area contributed by atoms with Crippen molar-refractivity contribution >= 4 is 0 Å². The average molecular weight is 417 g/mol. The van der Waals surface area contributed by atoms with E-state index in [1.54, 1.807) is 26.4 Å². The quantitative estimate of drug-likeness (QED) is 0.694. The predicted molar refractivity (Wildman–Crippen MR) is 113 cm³/mol. The van der Waals surface area contributed by atoms with Gasteiger partial charge in [-0.15, -0.1) is 0 Å². The van der Waals surface area contributed by atoms with E-state index in [2.05, 4.69) is 15.9 Å². The Hall–Kier alpha value is -2.18. The van der Waals surface area contributed by atoms with Crippen molar-refractivity contribution in [2.75, 3.05) is 40.4 Å². The SMILES string of the molecule is COc1ccc(CN2CCC3(CCCN(Cc4cccc(F)c4F)C3)C2)cc1OC. The first-order valence-corrected chi connectivity index (χ1v) is 10.6. The second kappa shape index (κ2) is 8.90. The summed E-state index contributed by atoms with van der Waals surface area (Å²) >= 11 is 0. The van der Waals surface area contributed by atoms with E-state index in [1.165, 1.54) is 18.1 Å². The van der Waals surface area contributed by atoms with Gasteiger partial charge in [0.2, 0.25) is 0 Å². The summed E-state index contributed by atoms with van der Waals surface area (Å²) in [6.45, 7) is 5.31. The van der Waals surface area contributed by atoms with Crippen LogP contribution in [0.4, 0.5) is 8.78 Å². The molecule has 30 heavy (non-hydrogen) atoms. The van der Waals surface area contributed by atoms with E-state index in [0.29, 0.717) is 12.1 Å². The number of methoxy groups -OCH3 is 2. The molecule has 0 aromatic heterocycles. The average Bonchev–Trinajstić information content (AvgIpc) is 3.12. The zero-order chi connectivity index (χ0) is 21.1. The van der Waals surface area contributed by atoms with Crippen LogP contribution in [0, 0.1) is 17.0 Å². The minimum absolute atomic E-state index is 0.235. The fraction of sp³-hybridized carbons (Fsp3) is 0.500. The van der Waals surface area contributed by atoms with Crippen LogP contribution in [0.3, 0.4) is 0 Å². The number of nitrogens with zero attached hydrogens (tertiary/aromatic N) is 2. The molecule has 0 saturated carbocycles. The van der Waals surface area contributed by atoms with Gasteiger partial charge >= 0.3 is 0 Å². The molecule has 4 rings (SSSR count). The molecule has 0 N–H and O–H groups in total. The largest absolute Gasteiger partial charge is 0.493 e. The van der Waals surface area contributed by atoms with Crippen molar-refractivity contribution in [1.29, 1.82) is 0 Å². The first-order chi connectivity index (χ1) is 14.5. The molecule has 6 heteroatoms. The highest BCUT2D eigenvalue weighted by Crippen LogP contribution is 2.40. The predicted octanol–water partition coefficient (Wildman–Crippen LogP) is 4.47. The van der Waals surface area contributed by atoms with Gasteiger partial charge in [0.15, 0.2) is 23.1 Å². The third-order valence-corrected chi connectivity index (χ3v) is 6.54. The van der Waals surface area contributed by atoms with Crippen molar-refractivity contribution in [3.05, 3.63) is 59.2 Å². The maximum Gasteiger partial charge on any atom is 0.163 e. The number of likely N-dealkylation sites (tertiary alicyclic amines) is 2. The molecule has 2 saturated heterocycles. The zero-order valence-electron chi connectivity index (χ0n) is 17.8. The fourth-order valence-corrected chi connectivity index (χ4v) is 5.09. The lowest BCUT2D eigenvalue weighted by Gasteiger charge is -2.40. The van der Waals surface area contributed by atoms with Crippen LogP contribution in [0.2, 0.25) is 0 Å². The molecule has 2 aliphatic heterocycles. The second-order valence-corrected chi connectivity index (χ2v) is 8.68. The highest BCUT2D eigenvalue weighted by atomic mass is 19.2. The molecular formula is C24H30F2N2O2. The Labute approximate surface area is 177 Å². The van der Waals surface area contributed by atoms with Gasteiger partial charge in [-0.3, -0.25) is 9.80 Å². The van der Waals surface area contributed by atoms with E-state index < -0.39 is 11.6 Å². The molecule has 4 nitrogen and oxygen atoms in total. The van der Waals surface area contributed by atoms with Crippen LogP contribution in [0.25, 0.3) is 0 Å². The van der Waals surface area contributed by atoms with Gasteiger partial charge in [0.1, 0.15) is 0 Å². The standard InChI is InChI=1S/C24H30F2N2O2/c1-29-21-8-7-18(13-22(21)30-2)14-28-12-10-24(17-28)9-4-11-27(16-24)15-19-5-3-6-20(25)23(19)26/h3,5-8,13H,4,9-12,14-17H2,1-2H3. The third-order valence-electron chi connectivity index (χ3n) is 6.54. The van der Waals surface area contributed by atoms with Crippen molar-refractivity contribution in [2.45, 2.75) is 32.4 Å². The molecule has 1 spiro atoms. The van der Waals surface area contributed by atoms with E-state index in [-0.39, 0.29) is 5.41 Å². The minimum Gasteiger partial charge on any atom is -0.493 e. The number of rotatable bonds is 6. The van der Waals surface area contributed by atoms with Gasteiger partial charge in [-0.2, -0.15) is 0 Å². The molecule has 162 valence electrons. The lowest BCUT2D eigenvalue weighted by molar-refractivity contribution is 0.0856. The molecule has 2 aromatic carbocycles. The highest BCUT2D eigenvalue weighted by Gasteiger charge is 2.41. The Morgan fingerprint density at radius 2 is 1.67 bits per heavy atom. The van der Waals surface area contributed by atoms with Crippen molar-refractivity contribution in [2.24, 2.45) is 5.41 Å². The number of ether oxygens (including phenoxy) is 2. The molecule has 2 aromatic rings. The third kappa shape index (κ3) is 4.44. The molecule has 0 amide bonds. The summed E-state index contributed by atoms with van der Waals surface area (Å²) in [5, 5.41) is 0. The van der Waals surface area contributed by atoms with Gasteiger partial charge in [-0.05, 0) is 61.5 Å². The van der Waals surface area contributed by atoms with Gasteiger partial charge in [0.25, 0.3) is 0 Å². The van der Waals surface area contributed by atoms with E-state index in [4.69, 9.17) is 9.47 Å². The van der Waals surface area contributed by atoms with E-state index in [9.17, 15) is 8.78 Å². The van der Waals surface area contributed by atoms with Crippen LogP contribution in [0.1, 0.15) is 30.4 Å². The summed E-state index contributed by atoms with van der Waals surface area (Å²) in [6.07, 6.45) is 3.43. The fourth-order valence-electron chi connectivity index (χ4n) is 5.09. The number of benzene rings is 2. The molecular weight excluding hydrogens is 386 g/mol. The molecule has 2 heterocycles. The number of hydrogen-bond donors (Lipinski definition) is 0. The zero-order valence-corrected chi connectivity index (χ0v) is 17.8. The lowest BCUT2D eigenvalue weighted by Crippen LogP contribution is -2.44. The number of hydrogen-bond acceptors (Lipinski definition) is 4. The van der Waals surface area contributed by atoms with Gasteiger partial charge in [-0.1, -0.05) is 18.2 Å². The lowest BCUT2D eigenvalue weighted by atomic mass is 9.79. The Bertz CT molecular complexity index is 892. The van der Waals surface area contributed by atoms with Crippen LogP contribution < -0.4 is 9.47 Å². The number of halogens is 2. The summed E-state index contributed by atoms with van der Waals surface area (Å²) in [5.74, 6) is 0.0244. The van der Waals surface area contributed by atoms with Crippen molar-refractivity contribution < 1.29 is 18.3 Å². The van der Waals surface area contributed by atoms with Crippen LogP contribution >= 0.6 is 0 Å². The van der Waals surface area contributed by atoms with Crippen molar-refractivity contribution in [1.82, 2.24) is 9.80 Å². The van der Waals surface area contributed by atoms with E-state index in [0.717, 1.165) is 57.1 Å². The Morgan fingerprint density at radius 1 is 0.900 bits per heavy atom. The van der Waals surface area contributed by atoms with Gasteiger partial charge in [-0.25, -0.2) is 8.78 Å². The van der Waals surface area contributed by atoms with Crippen LogP contribution in [-0.2, 0) is 13.1 Å². The van der Waals surface area contributed by atoms with Gasteiger partial charge in [0, 0.05) is 31.7 Å². The summed E-state index contributed by atoms with van der Waals surface area (Å²) in [6, 6.07) is 10.6.